The Balaban J connectivity index is 1.61. The summed E-state index contributed by atoms with van der Waals surface area (Å²) in [5.74, 6) is -0.769. The fourth-order valence-electron chi connectivity index (χ4n) is 4.08. The van der Waals surface area contributed by atoms with Gasteiger partial charge >= 0.3 is 0 Å². The van der Waals surface area contributed by atoms with Crippen LogP contribution >= 0.6 is 0 Å². The maximum atomic E-state index is 10.2. The van der Waals surface area contributed by atoms with E-state index in [-0.39, 0.29) is 12.2 Å². The number of aliphatic hydroxyl groups excluding tert-OH is 1. The first-order valence-corrected chi connectivity index (χ1v) is 9.28. The molecule has 0 amide bonds. The van der Waals surface area contributed by atoms with Gasteiger partial charge in [0.05, 0.1) is 18.8 Å². The van der Waals surface area contributed by atoms with Crippen LogP contribution in [0.25, 0.3) is 0 Å². The minimum atomic E-state index is -0.769. The quantitative estimate of drug-likeness (QED) is 0.916. The fourth-order valence-corrected chi connectivity index (χ4v) is 4.08. The van der Waals surface area contributed by atoms with Crippen molar-refractivity contribution in [2.75, 3.05) is 0 Å². The van der Waals surface area contributed by atoms with Crippen LogP contribution in [0.5, 0.6) is 0 Å². The Bertz CT molecular complexity index is 740. The molecule has 1 spiro atoms. The van der Waals surface area contributed by atoms with Gasteiger partial charge in [-0.05, 0) is 54.5 Å². The molecule has 1 saturated heterocycles. The Morgan fingerprint density at radius 3 is 2.52 bits per heavy atom. The van der Waals surface area contributed by atoms with Gasteiger partial charge in [0.2, 0.25) is 0 Å². The smallest absolute Gasteiger partial charge is 0.198 e. The molecule has 132 valence electrons. The predicted octanol–water partition coefficient (Wildman–Crippen LogP) is 4.08. The van der Waals surface area contributed by atoms with Crippen molar-refractivity contribution in [3.05, 3.63) is 70.3 Å². The first kappa shape index (κ1) is 16.8. The Hall–Kier alpha value is -1.68. The van der Waals surface area contributed by atoms with Crippen LogP contribution in [0.15, 0.2) is 42.5 Å². The van der Waals surface area contributed by atoms with Gasteiger partial charge in [0, 0.05) is 12.0 Å². The van der Waals surface area contributed by atoms with E-state index in [2.05, 4.69) is 49.4 Å². The first-order chi connectivity index (χ1) is 12.1. The number of fused-ring (bicyclic) bond motifs is 2. The summed E-state index contributed by atoms with van der Waals surface area (Å²) in [4.78, 5) is 0. The highest BCUT2D eigenvalue weighted by Gasteiger charge is 2.47. The van der Waals surface area contributed by atoms with Crippen molar-refractivity contribution in [2.45, 2.75) is 64.1 Å². The second-order valence-electron chi connectivity index (χ2n) is 7.40. The molecule has 0 aromatic heterocycles. The molecule has 25 heavy (non-hydrogen) atoms. The Labute approximate surface area is 149 Å². The summed E-state index contributed by atoms with van der Waals surface area (Å²) in [6, 6.07) is 15.4. The van der Waals surface area contributed by atoms with Crippen molar-refractivity contribution < 1.29 is 14.6 Å². The zero-order valence-electron chi connectivity index (χ0n) is 15.0. The molecule has 3 atom stereocenters. The zero-order valence-corrected chi connectivity index (χ0v) is 15.0. The standard InChI is InChI=1S/C22H26O3/c1-3-16-4-6-17(7-5-16)11-18-8-9-19-14-24-22(21(19)12-18)13-20(23)10-15(2)25-22/h4-9,12,15,20,23H,3,10-11,13-14H2,1-2H3/t15?,20?,22-/m1/s1. The monoisotopic (exact) mass is 338 g/mol. The average molecular weight is 338 g/mol. The van der Waals surface area contributed by atoms with Crippen molar-refractivity contribution in [2.24, 2.45) is 0 Å². The number of hydrogen-bond donors (Lipinski definition) is 1. The number of rotatable bonds is 3. The van der Waals surface area contributed by atoms with E-state index in [0.717, 1.165) is 18.4 Å². The summed E-state index contributed by atoms with van der Waals surface area (Å²) < 4.78 is 12.2. The van der Waals surface area contributed by atoms with Crippen LogP contribution < -0.4 is 0 Å². The van der Waals surface area contributed by atoms with Crippen LogP contribution in [0.2, 0.25) is 0 Å². The topological polar surface area (TPSA) is 38.7 Å². The van der Waals surface area contributed by atoms with Crippen molar-refractivity contribution in [1.82, 2.24) is 0 Å². The first-order valence-electron chi connectivity index (χ1n) is 9.28. The van der Waals surface area contributed by atoms with Crippen molar-refractivity contribution in [3.8, 4) is 0 Å². The minimum absolute atomic E-state index is 0.0000516. The summed E-state index contributed by atoms with van der Waals surface area (Å²) in [7, 11) is 0. The average Bonchev–Trinajstić information content (AvgIpc) is 2.92. The molecule has 0 bridgehead atoms. The van der Waals surface area contributed by atoms with Gasteiger partial charge in [0.15, 0.2) is 5.79 Å². The van der Waals surface area contributed by atoms with Crippen LogP contribution in [0.3, 0.4) is 0 Å². The number of benzene rings is 2. The third-order valence-electron chi connectivity index (χ3n) is 5.38. The number of aryl methyl sites for hydroxylation is 1. The van der Waals surface area contributed by atoms with E-state index in [1.807, 2.05) is 6.92 Å². The van der Waals surface area contributed by atoms with Gasteiger partial charge in [-0.25, -0.2) is 0 Å². The lowest BCUT2D eigenvalue weighted by Crippen LogP contribution is -2.43. The second kappa shape index (κ2) is 6.56. The SMILES string of the molecule is CCc1ccc(Cc2ccc3c(c2)[C@]2(CC(O)CC(C)O2)OC3)cc1. The van der Waals surface area contributed by atoms with Gasteiger partial charge in [0.1, 0.15) is 0 Å². The van der Waals surface area contributed by atoms with Gasteiger partial charge in [-0.15, -0.1) is 0 Å². The van der Waals surface area contributed by atoms with Crippen molar-refractivity contribution >= 4 is 0 Å². The van der Waals surface area contributed by atoms with Gasteiger partial charge in [-0.2, -0.15) is 0 Å². The lowest BCUT2D eigenvalue weighted by atomic mass is 9.90. The van der Waals surface area contributed by atoms with E-state index in [0.29, 0.717) is 19.4 Å². The van der Waals surface area contributed by atoms with Crippen LogP contribution in [-0.4, -0.2) is 17.3 Å². The number of ether oxygens (including phenoxy) is 2. The Morgan fingerprint density at radius 1 is 1.08 bits per heavy atom. The molecule has 2 unspecified atom stereocenters. The summed E-state index contributed by atoms with van der Waals surface area (Å²) in [5, 5.41) is 10.2. The summed E-state index contributed by atoms with van der Waals surface area (Å²) in [5.41, 5.74) is 6.20. The van der Waals surface area contributed by atoms with E-state index in [9.17, 15) is 5.11 Å². The molecule has 3 nitrogen and oxygen atoms in total. The Kier molecular flexibility index (Phi) is 4.40. The lowest BCUT2D eigenvalue weighted by molar-refractivity contribution is -0.295. The highest BCUT2D eigenvalue weighted by atomic mass is 16.7. The van der Waals surface area contributed by atoms with Gasteiger partial charge in [-0.1, -0.05) is 43.3 Å². The van der Waals surface area contributed by atoms with E-state index >= 15 is 0 Å². The van der Waals surface area contributed by atoms with Crippen LogP contribution in [0.4, 0.5) is 0 Å². The number of hydrogen-bond acceptors (Lipinski definition) is 3. The molecule has 2 aromatic rings. The lowest BCUT2D eigenvalue weighted by Gasteiger charge is -2.39. The van der Waals surface area contributed by atoms with Crippen molar-refractivity contribution in [1.29, 1.82) is 0 Å². The van der Waals surface area contributed by atoms with E-state index in [1.165, 1.54) is 22.3 Å². The normalized spacial score (nSPS) is 28.3. The molecule has 0 aliphatic carbocycles. The molecule has 0 saturated carbocycles. The summed E-state index contributed by atoms with van der Waals surface area (Å²) >= 11 is 0. The van der Waals surface area contributed by atoms with Crippen LogP contribution in [0.1, 0.15) is 54.5 Å². The molecule has 2 heterocycles. The Morgan fingerprint density at radius 2 is 1.80 bits per heavy atom. The third-order valence-corrected chi connectivity index (χ3v) is 5.38. The van der Waals surface area contributed by atoms with E-state index in [4.69, 9.17) is 9.47 Å². The molecule has 2 aliphatic heterocycles. The van der Waals surface area contributed by atoms with Crippen LogP contribution in [0, 0.1) is 0 Å². The van der Waals surface area contributed by atoms with Crippen LogP contribution in [-0.2, 0) is 34.7 Å². The molecule has 2 aromatic carbocycles. The third kappa shape index (κ3) is 3.24. The van der Waals surface area contributed by atoms with Gasteiger partial charge < -0.3 is 14.6 Å². The number of aliphatic hydroxyl groups is 1. The molecule has 0 radical (unpaired) electrons. The molecule has 1 fully saturated rings. The largest absolute Gasteiger partial charge is 0.393 e. The maximum Gasteiger partial charge on any atom is 0.198 e. The van der Waals surface area contributed by atoms with E-state index < -0.39 is 5.79 Å². The second-order valence-corrected chi connectivity index (χ2v) is 7.40. The highest BCUT2D eigenvalue weighted by molar-refractivity contribution is 5.40. The molecular formula is C22H26O3. The minimum Gasteiger partial charge on any atom is -0.393 e. The maximum absolute atomic E-state index is 10.2. The summed E-state index contributed by atoms with van der Waals surface area (Å²) in [6.07, 6.45) is 2.77. The van der Waals surface area contributed by atoms with Gasteiger partial charge in [-0.3, -0.25) is 0 Å². The molecular weight excluding hydrogens is 312 g/mol. The predicted molar refractivity (Wildman–Crippen MR) is 97.3 cm³/mol. The summed E-state index contributed by atoms with van der Waals surface area (Å²) in [6.45, 7) is 4.74. The molecule has 2 aliphatic rings. The fraction of sp³-hybridized carbons (Fsp3) is 0.455. The molecule has 3 heteroatoms. The van der Waals surface area contributed by atoms with E-state index in [1.54, 1.807) is 0 Å². The molecule has 4 rings (SSSR count). The van der Waals surface area contributed by atoms with Crippen molar-refractivity contribution in [3.63, 3.8) is 0 Å². The van der Waals surface area contributed by atoms with Gasteiger partial charge in [0.25, 0.3) is 0 Å². The molecule has 1 N–H and O–H groups in total. The highest BCUT2D eigenvalue weighted by Crippen LogP contribution is 2.45. The zero-order chi connectivity index (χ0) is 17.4.